The van der Waals surface area contributed by atoms with Crippen LogP contribution in [-0.4, -0.2) is 34.0 Å². The van der Waals surface area contributed by atoms with E-state index in [2.05, 4.69) is 43.0 Å². The lowest BCUT2D eigenvalue weighted by atomic mass is 9.93. The van der Waals surface area contributed by atoms with Gasteiger partial charge in [-0.15, -0.1) is 11.3 Å². The van der Waals surface area contributed by atoms with Crippen molar-refractivity contribution in [1.29, 1.82) is 0 Å². The number of aliphatic carboxylic acids is 1. The summed E-state index contributed by atoms with van der Waals surface area (Å²) < 4.78 is 1.18. The Hall–Kier alpha value is -2.24. The Morgan fingerprint density at radius 2 is 2.07 bits per heavy atom. The number of carboxylic acid groups (broad SMARTS) is 1. The highest BCUT2D eigenvalue weighted by Gasteiger charge is 2.33. The second-order valence-corrected chi connectivity index (χ2v) is 8.52. The molecule has 0 bridgehead atoms. The van der Waals surface area contributed by atoms with Crippen LogP contribution >= 0.6 is 11.3 Å². The molecular weight excluding hydrogens is 356 g/mol. The van der Waals surface area contributed by atoms with E-state index >= 15 is 0 Å². The van der Waals surface area contributed by atoms with Gasteiger partial charge in [0, 0.05) is 6.54 Å². The molecule has 2 unspecified atom stereocenters. The topological polar surface area (TPSA) is 53.4 Å². The molecule has 140 valence electrons. The molecule has 2 atom stereocenters. The van der Waals surface area contributed by atoms with Crippen LogP contribution in [0.1, 0.15) is 40.6 Å². The first-order valence-corrected chi connectivity index (χ1v) is 10.2. The molecule has 1 N–H and O–H groups in total. The summed E-state index contributed by atoms with van der Waals surface area (Å²) in [4.78, 5) is 18.9. The number of carbonyl (C=O) groups is 1. The van der Waals surface area contributed by atoms with E-state index in [0.717, 1.165) is 29.9 Å². The van der Waals surface area contributed by atoms with Crippen molar-refractivity contribution in [3.05, 3.63) is 64.2 Å². The Labute approximate surface area is 163 Å². The fourth-order valence-electron chi connectivity index (χ4n) is 4.07. The van der Waals surface area contributed by atoms with Gasteiger partial charge in [-0.3, -0.25) is 9.69 Å². The van der Waals surface area contributed by atoms with Crippen molar-refractivity contribution >= 4 is 27.5 Å². The average molecular weight is 381 g/mol. The van der Waals surface area contributed by atoms with Gasteiger partial charge in [0.1, 0.15) is 5.01 Å². The Bertz CT molecular complexity index is 948. The SMILES string of the molecule is Cc1ccc(C(c2nc3ccccc3s2)N2CCCC(C(=O)O)C2)c(C)c1. The molecule has 1 aromatic heterocycles. The van der Waals surface area contributed by atoms with Gasteiger partial charge in [0.25, 0.3) is 0 Å². The van der Waals surface area contributed by atoms with Gasteiger partial charge in [-0.25, -0.2) is 4.98 Å². The zero-order valence-corrected chi connectivity index (χ0v) is 16.5. The summed E-state index contributed by atoms with van der Waals surface area (Å²) in [6.07, 6.45) is 1.66. The Balaban J connectivity index is 1.80. The number of carboxylic acids is 1. The highest BCUT2D eigenvalue weighted by molar-refractivity contribution is 7.18. The number of fused-ring (bicyclic) bond motifs is 1. The maximum absolute atomic E-state index is 11.6. The molecule has 5 heteroatoms. The maximum Gasteiger partial charge on any atom is 0.307 e. The van der Waals surface area contributed by atoms with Crippen molar-refractivity contribution in [1.82, 2.24) is 9.88 Å². The molecule has 3 aromatic rings. The van der Waals surface area contributed by atoms with E-state index in [0.29, 0.717) is 6.54 Å². The molecule has 1 aliphatic rings. The van der Waals surface area contributed by atoms with Gasteiger partial charge in [0.15, 0.2) is 0 Å². The molecule has 27 heavy (non-hydrogen) atoms. The average Bonchev–Trinajstić information content (AvgIpc) is 3.07. The largest absolute Gasteiger partial charge is 0.481 e. The number of aryl methyl sites for hydroxylation is 2. The van der Waals surface area contributed by atoms with E-state index < -0.39 is 5.97 Å². The molecule has 0 amide bonds. The predicted octanol–water partition coefficient (Wildman–Crippen LogP) is 4.80. The van der Waals surface area contributed by atoms with Crippen LogP contribution in [0.5, 0.6) is 0 Å². The monoisotopic (exact) mass is 380 g/mol. The number of nitrogens with zero attached hydrogens (tertiary/aromatic N) is 2. The van der Waals surface area contributed by atoms with Gasteiger partial charge < -0.3 is 5.11 Å². The third-order valence-electron chi connectivity index (χ3n) is 5.43. The van der Waals surface area contributed by atoms with Crippen molar-refractivity contribution in [3.8, 4) is 0 Å². The van der Waals surface area contributed by atoms with Gasteiger partial charge in [-0.05, 0) is 56.5 Å². The summed E-state index contributed by atoms with van der Waals surface area (Å²) in [5.74, 6) is -0.996. The standard InChI is InChI=1S/C22H24N2O2S/c1-14-9-10-17(15(2)12-14)20(24-11-5-6-16(13-24)22(25)26)21-23-18-7-3-4-8-19(18)27-21/h3-4,7-10,12,16,20H,5-6,11,13H2,1-2H3,(H,25,26). The normalized spacial score (nSPS) is 19.3. The summed E-state index contributed by atoms with van der Waals surface area (Å²) in [7, 11) is 0. The summed E-state index contributed by atoms with van der Waals surface area (Å²) in [6.45, 7) is 5.72. The molecule has 4 nitrogen and oxygen atoms in total. The minimum Gasteiger partial charge on any atom is -0.481 e. The minimum atomic E-state index is -0.691. The number of para-hydroxylation sites is 1. The van der Waals surface area contributed by atoms with Gasteiger partial charge in [-0.2, -0.15) is 0 Å². The van der Waals surface area contributed by atoms with Crippen LogP contribution in [0.4, 0.5) is 0 Å². The fraction of sp³-hybridized carbons (Fsp3) is 0.364. The van der Waals surface area contributed by atoms with Crippen LogP contribution in [-0.2, 0) is 4.79 Å². The summed E-state index contributed by atoms with van der Waals surface area (Å²) in [5.41, 5.74) is 4.71. The van der Waals surface area contributed by atoms with Crippen molar-refractivity contribution in [3.63, 3.8) is 0 Å². The molecule has 0 saturated carbocycles. The van der Waals surface area contributed by atoms with E-state index in [1.165, 1.54) is 21.4 Å². The smallest absolute Gasteiger partial charge is 0.307 e. The second kappa shape index (κ2) is 7.41. The third kappa shape index (κ3) is 3.62. The minimum absolute atomic E-state index is 0.00477. The molecular formula is C22H24N2O2S. The number of piperidine rings is 1. The lowest BCUT2D eigenvalue weighted by Gasteiger charge is -2.37. The summed E-state index contributed by atoms with van der Waals surface area (Å²) in [6, 6.07) is 14.7. The van der Waals surface area contributed by atoms with Crippen LogP contribution in [0.2, 0.25) is 0 Å². The maximum atomic E-state index is 11.6. The highest BCUT2D eigenvalue weighted by atomic mass is 32.1. The molecule has 2 heterocycles. The Morgan fingerprint density at radius 1 is 1.26 bits per heavy atom. The van der Waals surface area contributed by atoms with Gasteiger partial charge in [0.2, 0.25) is 0 Å². The number of benzene rings is 2. The number of hydrogen-bond acceptors (Lipinski definition) is 4. The molecule has 1 fully saturated rings. The van der Waals surface area contributed by atoms with Crippen molar-refractivity contribution in [2.45, 2.75) is 32.7 Å². The first kappa shape index (κ1) is 18.1. The zero-order valence-electron chi connectivity index (χ0n) is 15.7. The highest BCUT2D eigenvalue weighted by Crippen LogP contribution is 2.38. The number of hydrogen-bond donors (Lipinski definition) is 1. The lowest BCUT2D eigenvalue weighted by molar-refractivity contribution is -0.143. The van der Waals surface area contributed by atoms with Gasteiger partial charge in [-0.1, -0.05) is 35.9 Å². The van der Waals surface area contributed by atoms with E-state index in [1.54, 1.807) is 11.3 Å². The number of aromatic nitrogens is 1. The molecule has 4 rings (SSSR count). The first-order chi connectivity index (χ1) is 13.0. The van der Waals surface area contributed by atoms with Crippen molar-refractivity contribution in [2.24, 2.45) is 5.92 Å². The zero-order chi connectivity index (χ0) is 19.0. The number of likely N-dealkylation sites (tertiary alicyclic amines) is 1. The van der Waals surface area contributed by atoms with E-state index in [1.807, 2.05) is 18.2 Å². The fourth-order valence-corrected chi connectivity index (χ4v) is 5.19. The van der Waals surface area contributed by atoms with E-state index in [-0.39, 0.29) is 12.0 Å². The molecule has 0 radical (unpaired) electrons. The van der Waals surface area contributed by atoms with Crippen LogP contribution in [0.15, 0.2) is 42.5 Å². The second-order valence-electron chi connectivity index (χ2n) is 7.45. The molecule has 1 saturated heterocycles. The first-order valence-electron chi connectivity index (χ1n) is 9.42. The third-order valence-corrected chi connectivity index (χ3v) is 6.52. The number of rotatable bonds is 4. The van der Waals surface area contributed by atoms with Crippen LogP contribution in [0.3, 0.4) is 0 Å². The lowest BCUT2D eigenvalue weighted by Crippen LogP contribution is -2.41. The molecule has 0 aliphatic carbocycles. The summed E-state index contributed by atoms with van der Waals surface area (Å²) in [5, 5.41) is 10.6. The Kier molecular flexibility index (Phi) is 4.98. The van der Waals surface area contributed by atoms with E-state index in [9.17, 15) is 9.90 Å². The summed E-state index contributed by atoms with van der Waals surface area (Å²) >= 11 is 1.72. The quantitative estimate of drug-likeness (QED) is 0.706. The van der Waals surface area contributed by atoms with Crippen LogP contribution in [0.25, 0.3) is 10.2 Å². The van der Waals surface area contributed by atoms with Gasteiger partial charge >= 0.3 is 5.97 Å². The van der Waals surface area contributed by atoms with Crippen molar-refractivity contribution < 1.29 is 9.90 Å². The molecule has 0 spiro atoms. The number of thiazole rings is 1. The van der Waals surface area contributed by atoms with E-state index in [4.69, 9.17) is 4.98 Å². The van der Waals surface area contributed by atoms with Gasteiger partial charge in [0.05, 0.1) is 22.2 Å². The Morgan fingerprint density at radius 3 is 2.81 bits per heavy atom. The van der Waals surface area contributed by atoms with Crippen molar-refractivity contribution in [2.75, 3.05) is 13.1 Å². The molecule has 2 aromatic carbocycles. The van der Waals surface area contributed by atoms with Crippen LogP contribution in [0, 0.1) is 19.8 Å². The van der Waals surface area contributed by atoms with Crippen LogP contribution < -0.4 is 0 Å². The predicted molar refractivity (Wildman–Crippen MR) is 109 cm³/mol. The molecule has 1 aliphatic heterocycles.